The van der Waals surface area contributed by atoms with E-state index in [2.05, 4.69) is 0 Å². The minimum absolute atomic E-state index is 0.0404. The molecule has 96 valence electrons. The standard InChI is InChI=1S/C13H11N3O3/c1-10-2-5-13(8-14)15(10)19-9-11-3-6-12(7-4-11)16(17)18/h2-7H,9H2,1H3. The van der Waals surface area contributed by atoms with Crippen LogP contribution in [-0.2, 0) is 6.61 Å². The fourth-order valence-corrected chi connectivity index (χ4v) is 1.63. The summed E-state index contributed by atoms with van der Waals surface area (Å²) in [7, 11) is 0. The fourth-order valence-electron chi connectivity index (χ4n) is 1.63. The molecule has 1 aromatic carbocycles. The molecule has 6 nitrogen and oxygen atoms in total. The molecule has 0 aliphatic carbocycles. The van der Waals surface area contributed by atoms with Crippen LogP contribution >= 0.6 is 0 Å². The highest BCUT2D eigenvalue weighted by Gasteiger charge is 2.07. The zero-order chi connectivity index (χ0) is 13.8. The third kappa shape index (κ3) is 2.72. The first-order chi connectivity index (χ1) is 9.11. The van der Waals surface area contributed by atoms with Gasteiger partial charge in [0.2, 0.25) is 0 Å². The van der Waals surface area contributed by atoms with Gasteiger partial charge in [-0.25, -0.2) is 0 Å². The molecule has 0 aliphatic heterocycles. The average Bonchev–Trinajstić information content (AvgIpc) is 2.77. The molecule has 19 heavy (non-hydrogen) atoms. The first-order valence-electron chi connectivity index (χ1n) is 5.57. The first-order valence-corrected chi connectivity index (χ1v) is 5.57. The average molecular weight is 257 g/mol. The lowest BCUT2D eigenvalue weighted by Gasteiger charge is -2.09. The molecular formula is C13H11N3O3. The van der Waals surface area contributed by atoms with Gasteiger partial charge in [0.05, 0.1) is 10.6 Å². The molecule has 0 amide bonds. The maximum atomic E-state index is 10.5. The van der Waals surface area contributed by atoms with E-state index in [1.54, 1.807) is 24.3 Å². The minimum atomic E-state index is -0.450. The highest BCUT2D eigenvalue weighted by molar-refractivity contribution is 5.32. The van der Waals surface area contributed by atoms with Crippen LogP contribution in [0.5, 0.6) is 0 Å². The highest BCUT2D eigenvalue weighted by atomic mass is 16.7. The number of nitro benzene ring substituents is 1. The minimum Gasteiger partial charge on any atom is -0.408 e. The van der Waals surface area contributed by atoms with Gasteiger partial charge in [-0.3, -0.25) is 10.1 Å². The van der Waals surface area contributed by atoms with Crippen LogP contribution in [-0.4, -0.2) is 9.65 Å². The van der Waals surface area contributed by atoms with Crippen molar-refractivity contribution in [2.75, 3.05) is 0 Å². The van der Waals surface area contributed by atoms with Crippen molar-refractivity contribution in [3.8, 4) is 6.07 Å². The van der Waals surface area contributed by atoms with Gasteiger partial charge in [0.15, 0.2) is 5.69 Å². The molecule has 0 bridgehead atoms. The number of hydrogen-bond acceptors (Lipinski definition) is 4. The van der Waals surface area contributed by atoms with Crippen LogP contribution in [0.25, 0.3) is 0 Å². The molecule has 0 fully saturated rings. The summed E-state index contributed by atoms with van der Waals surface area (Å²) in [6.45, 7) is 2.07. The third-order valence-corrected chi connectivity index (χ3v) is 2.64. The number of rotatable bonds is 4. The van der Waals surface area contributed by atoms with Crippen LogP contribution in [0.1, 0.15) is 17.0 Å². The molecule has 0 unspecified atom stereocenters. The molecule has 1 heterocycles. The van der Waals surface area contributed by atoms with E-state index in [4.69, 9.17) is 10.1 Å². The van der Waals surface area contributed by atoms with E-state index in [0.717, 1.165) is 11.3 Å². The van der Waals surface area contributed by atoms with E-state index in [1.807, 2.05) is 13.0 Å². The Morgan fingerprint density at radius 1 is 1.32 bits per heavy atom. The summed E-state index contributed by atoms with van der Waals surface area (Å²) >= 11 is 0. The van der Waals surface area contributed by atoms with Crippen molar-refractivity contribution < 1.29 is 9.76 Å². The smallest absolute Gasteiger partial charge is 0.269 e. The molecule has 6 heteroatoms. The predicted octanol–water partition coefficient (Wildman–Crippen LogP) is 2.21. The van der Waals surface area contributed by atoms with Crippen LogP contribution in [0.2, 0.25) is 0 Å². The molecule has 0 radical (unpaired) electrons. The van der Waals surface area contributed by atoms with E-state index in [0.29, 0.717) is 5.69 Å². The number of nitriles is 1. The van der Waals surface area contributed by atoms with E-state index in [1.165, 1.54) is 16.9 Å². The lowest BCUT2D eigenvalue weighted by atomic mass is 10.2. The van der Waals surface area contributed by atoms with E-state index >= 15 is 0 Å². The van der Waals surface area contributed by atoms with Crippen LogP contribution in [0.3, 0.4) is 0 Å². The summed E-state index contributed by atoms with van der Waals surface area (Å²) < 4.78 is 1.45. The Bertz CT molecular complexity index is 638. The quantitative estimate of drug-likeness (QED) is 0.621. The second-order valence-electron chi connectivity index (χ2n) is 3.96. The van der Waals surface area contributed by atoms with Gasteiger partial charge in [-0.15, -0.1) is 0 Å². The Kier molecular flexibility index (Phi) is 3.48. The number of benzene rings is 1. The van der Waals surface area contributed by atoms with E-state index < -0.39 is 4.92 Å². The fraction of sp³-hybridized carbons (Fsp3) is 0.154. The van der Waals surface area contributed by atoms with Gasteiger partial charge in [0.25, 0.3) is 5.69 Å². The number of hydrogen-bond donors (Lipinski definition) is 0. The molecule has 1 aromatic heterocycles. The largest absolute Gasteiger partial charge is 0.408 e. The summed E-state index contributed by atoms with van der Waals surface area (Å²) in [4.78, 5) is 15.6. The van der Waals surface area contributed by atoms with Crippen LogP contribution in [0.4, 0.5) is 5.69 Å². The summed E-state index contributed by atoms with van der Waals surface area (Å²) in [5.74, 6) is 0. The topological polar surface area (TPSA) is 81.1 Å². The maximum absolute atomic E-state index is 10.5. The Labute approximate surface area is 109 Å². The Morgan fingerprint density at radius 2 is 2.00 bits per heavy atom. The van der Waals surface area contributed by atoms with Crippen molar-refractivity contribution in [2.24, 2.45) is 0 Å². The van der Waals surface area contributed by atoms with Crippen molar-refractivity contribution in [3.05, 3.63) is 63.5 Å². The number of non-ortho nitro benzene ring substituents is 1. The van der Waals surface area contributed by atoms with Gasteiger partial charge in [0.1, 0.15) is 12.7 Å². The lowest BCUT2D eigenvalue weighted by Crippen LogP contribution is -2.14. The molecular weight excluding hydrogens is 246 g/mol. The number of aryl methyl sites for hydroxylation is 1. The summed E-state index contributed by atoms with van der Waals surface area (Å²) in [6.07, 6.45) is 0. The molecule has 0 N–H and O–H groups in total. The maximum Gasteiger partial charge on any atom is 0.269 e. The van der Waals surface area contributed by atoms with Gasteiger partial charge in [0, 0.05) is 12.1 Å². The molecule has 0 saturated heterocycles. The first kappa shape index (κ1) is 12.6. The monoisotopic (exact) mass is 257 g/mol. The third-order valence-electron chi connectivity index (χ3n) is 2.64. The molecule has 0 spiro atoms. The van der Waals surface area contributed by atoms with Crippen molar-refractivity contribution in [1.29, 1.82) is 5.26 Å². The van der Waals surface area contributed by atoms with Gasteiger partial charge >= 0.3 is 0 Å². The van der Waals surface area contributed by atoms with Crippen molar-refractivity contribution in [2.45, 2.75) is 13.5 Å². The van der Waals surface area contributed by atoms with E-state index in [-0.39, 0.29) is 12.3 Å². The van der Waals surface area contributed by atoms with Gasteiger partial charge < -0.3 is 4.84 Å². The number of nitro groups is 1. The Balaban J connectivity index is 2.08. The van der Waals surface area contributed by atoms with E-state index in [9.17, 15) is 10.1 Å². The highest BCUT2D eigenvalue weighted by Crippen LogP contribution is 2.13. The SMILES string of the molecule is Cc1ccc(C#N)n1OCc1ccc([N+](=O)[O-])cc1. The summed E-state index contributed by atoms with van der Waals surface area (Å²) in [5.41, 5.74) is 2.07. The molecule has 0 saturated carbocycles. The van der Waals surface area contributed by atoms with Crippen LogP contribution < -0.4 is 4.84 Å². The number of nitrogens with zero attached hydrogens (tertiary/aromatic N) is 3. The zero-order valence-electron chi connectivity index (χ0n) is 10.2. The molecule has 2 aromatic rings. The van der Waals surface area contributed by atoms with Gasteiger partial charge in [-0.2, -0.15) is 9.99 Å². The summed E-state index contributed by atoms with van der Waals surface area (Å²) in [6, 6.07) is 11.6. The Hall–Kier alpha value is -2.81. The second kappa shape index (κ2) is 5.23. The van der Waals surface area contributed by atoms with Gasteiger partial charge in [-0.1, -0.05) is 0 Å². The van der Waals surface area contributed by atoms with Crippen LogP contribution in [0.15, 0.2) is 36.4 Å². The predicted molar refractivity (Wildman–Crippen MR) is 67.3 cm³/mol. The number of aromatic nitrogens is 1. The normalized spacial score (nSPS) is 9.89. The van der Waals surface area contributed by atoms with Crippen LogP contribution in [0, 0.1) is 28.4 Å². The summed E-state index contributed by atoms with van der Waals surface area (Å²) in [5, 5.41) is 19.4. The molecule has 0 atom stereocenters. The second-order valence-corrected chi connectivity index (χ2v) is 3.96. The molecule has 2 rings (SSSR count). The van der Waals surface area contributed by atoms with Crippen molar-refractivity contribution in [1.82, 2.24) is 4.73 Å². The zero-order valence-corrected chi connectivity index (χ0v) is 10.2. The van der Waals surface area contributed by atoms with Gasteiger partial charge in [-0.05, 0) is 36.8 Å². The van der Waals surface area contributed by atoms with Crippen molar-refractivity contribution in [3.63, 3.8) is 0 Å². The molecule has 0 aliphatic rings. The Morgan fingerprint density at radius 3 is 2.58 bits per heavy atom. The lowest BCUT2D eigenvalue weighted by molar-refractivity contribution is -0.384. The van der Waals surface area contributed by atoms with Crippen molar-refractivity contribution >= 4 is 5.69 Å².